The zero-order valence-corrected chi connectivity index (χ0v) is 12.2. The second kappa shape index (κ2) is 6.20. The van der Waals surface area contributed by atoms with Crippen LogP contribution in [0.1, 0.15) is 12.1 Å². The number of anilines is 1. The van der Waals surface area contributed by atoms with Crippen molar-refractivity contribution in [2.24, 2.45) is 5.73 Å². The van der Waals surface area contributed by atoms with Crippen molar-refractivity contribution in [2.75, 3.05) is 25.1 Å². The van der Waals surface area contributed by atoms with Crippen molar-refractivity contribution in [3.8, 4) is 11.4 Å². The average molecular weight is 284 g/mol. The summed E-state index contributed by atoms with van der Waals surface area (Å²) in [5, 5.41) is 0. The van der Waals surface area contributed by atoms with Gasteiger partial charge >= 0.3 is 0 Å². The van der Waals surface area contributed by atoms with Gasteiger partial charge in [0.25, 0.3) is 0 Å². The first-order valence-corrected chi connectivity index (χ1v) is 7.19. The Labute approximate surface area is 124 Å². The molecule has 1 aliphatic rings. The van der Waals surface area contributed by atoms with Crippen LogP contribution in [0.5, 0.6) is 0 Å². The predicted octanol–water partition coefficient (Wildman–Crippen LogP) is 1.83. The Morgan fingerprint density at radius 1 is 1.29 bits per heavy atom. The molecule has 21 heavy (non-hydrogen) atoms. The van der Waals surface area contributed by atoms with Gasteiger partial charge in [-0.05, 0) is 6.42 Å². The van der Waals surface area contributed by atoms with Gasteiger partial charge in [-0.15, -0.1) is 0 Å². The Hall–Kier alpha value is -1.98. The third-order valence-corrected chi connectivity index (χ3v) is 3.64. The lowest BCUT2D eigenvalue weighted by atomic mass is 10.2. The van der Waals surface area contributed by atoms with Crippen molar-refractivity contribution in [1.29, 1.82) is 0 Å². The monoisotopic (exact) mass is 284 g/mol. The number of nitrogens with zero attached hydrogens (tertiary/aromatic N) is 3. The van der Waals surface area contributed by atoms with Crippen LogP contribution in [0.4, 0.5) is 5.82 Å². The van der Waals surface area contributed by atoms with Gasteiger partial charge in [-0.2, -0.15) is 0 Å². The highest BCUT2D eigenvalue weighted by atomic mass is 16.5. The fourth-order valence-electron chi connectivity index (χ4n) is 2.58. The molecule has 1 aromatic heterocycles. The third kappa shape index (κ3) is 3.20. The van der Waals surface area contributed by atoms with Gasteiger partial charge in [-0.25, -0.2) is 9.97 Å². The maximum atomic E-state index is 6.00. The zero-order valence-electron chi connectivity index (χ0n) is 12.2. The molecule has 1 unspecified atom stereocenters. The number of rotatable bonds is 4. The number of aromatic nitrogens is 2. The number of benzene rings is 1. The van der Waals surface area contributed by atoms with Gasteiger partial charge in [0.2, 0.25) is 0 Å². The average Bonchev–Trinajstić information content (AvgIpc) is 2.95. The molecule has 0 amide bonds. The van der Waals surface area contributed by atoms with Crippen molar-refractivity contribution in [3.63, 3.8) is 0 Å². The summed E-state index contributed by atoms with van der Waals surface area (Å²) in [6.07, 6.45) is 1.00. The number of ether oxygens (including phenoxy) is 1. The summed E-state index contributed by atoms with van der Waals surface area (Å²) in [5.41, 5.74) is 7.90. The second-order valence-corrected chi connectivity index (χ2v) is 5.33. The van der Waals surface area contributed by atoms with Crippen molar-refractivity contribution in [1.82, 2.24) is 9.97 Å². The van der Waals surface area contributed by atoms with E-state index in [1.165, 1.54) is 0 Å². The van der Waals surface area contributed by atoms with Crippen LogP contribution in [-0.2, 0) is 11.3 Å². The van der Waals surface area contributed by atoms with Crippen molar-refractivity contribution in [3.05, 3.63) is 42.1 Å². The smallest absolute Gasteiger partial charge is 0.161 e. The Morgan fingerprint density at radius 2 is 2.10 bits per heavy atom. The van der Waals surface area contributed by atoms with E-state index in [4.69, 9.17) is 15.5 Å². The van der Waals surface area contributed by atoms with Crippen LogP contribution in [0.25, 0.3) is 11.4 Å². The summed E-state index contributed by atoms with van der Waals surface area (Å²) < 4.78 is 5.22. The highest BCUT2D eigenvalue weighted by Gasteiger charge is 2.21. The van der Waals surface area contributed by atoms with Gasteiger partial charge in [-0.1, -0.05) is 30.3 Å². The minimum absolute atomic E-state index is 0.228. The first-order valence-electron chi connectivity index (χ1n) is 7.19. The zero-order chi connectivity index (χ0) is 14.7. The van der Waals surface area contributed by atoms with Crippen LogP contribution in [-0.4, -0.2) is 36.2 Å². The molecular formula is C16H20N4O. The van der Waals surface area contributed by atoms with Gasteiger partial charge in [0.1, 0.15) is 5.82 Å². The van der Waals surface area contributed by atoms with Crippen LogP contribution in [0.3, 0.4) is 0 Å². The molecule has 0 spiro atoms. The second-order valence-electron chi connectivity index (χ2n) is 5.33. The van der Waals surface area contributed by atoms with E-state index in [1.807, 2.05) is 36.4 Å². The Kier molecular flexibility index (Phi) is 4.13. The molecule has 2 N–H and O–H groups in total. The predicted molar refractivity (Wildman–Crippen MR) is 83.0 cm³/mol. The number of hydrogen-bond acceptors (Lipinski definition) is 5. The fourth-order valence-corrected chi connectivity index (χ4v) is 2.58. The van der Waals surface area contributed by atoms with Crippen molar-refractivity contribution < 1.29 is 4.74 Å². The van der Waals surface area contributed by atoms with Gasteiger partial charge in [0, 0.05) is 37.9 Å². The van der Waals surface area contributed by atoms with Gasteiger partial charge in [0.15, 0.2) is 5.82 Å². The lowest BCUT2D eigenvalue weighted by Crippen LogP contribution is -2.27. The normalized spacial score (nSPS) is 18.2. The van der Waals surface area contributed by atoms with Crippen molar-refractivity contribution in [2.45, 2.75) is 19.1 Å². The summed E-state index contributed by atoms with van der Waals surface area (Å²) in [7, 11) is 1.68. The molecule has 5 heteroatoms. The Morgan fingerprint density at radius 3 is 2.76 bits per heavy atom. The maximum Gasteiger partial charge on any atom is 0.161 e. The van der Waals surface area contributed by atoms with Crippen LogP contribution < -0.4 is 10.6 Å². The van der Waals surface area contributed by atoms with Crippen LogP contribution in [0.2, 0.25) is 0 Å². The Bertz CT molecular complexity index is 602. The summed E-state index contributed by atoms with van der Waals surface area (Å²) >= 11 is 0. The molecule has 1 atom stereocenters. The van der Waals surface area contributed by atoms with Crippen molar-refractivity contribution >= 4 is 5.82 Å². The molecule has 110 valence electrons. The molecule has 2 heterocycles. The molecular weight excluding hydrogens is 264 g/mol. The molecule has 2 aromatic rings. The third-order valence-electron chi connectivity index (χ3n) is 3.64. The summed E-state index contributed by atoms with van der Waals surface area (Å²) in [6.45, 7) is 2.27. The van der Waals surface area contributed by atoms with E-state index in [0.717, 1.165) is 42.4 Å². The molecule has 0 radical (unpaired) electrons. The minimum atomic E-state index is 0.228. The standard InChI is InChI=1S/C16H20N4O/c1-21-11-14-9-15(20-8-7-13(17)10-20)19-16(18-14)12-5-3-2-4-6-12/h2-6,9,13H,7-8,10-11,17H2,1H3. The van der Waals surface area contributed by atoms with E-state index in [0.29, 0.717) is 6.61 Å². The van der Waals surface area contributed by atoms with E-state index >= 15 is 0 Å². The molecule has 1 aliphatic heterocycles. The molecule has 1 saturated heterocycles. The Balaban J connectivity index is 1.98. The van der Waals surface area contributed by atoms with E-state index < -0.39 is 0 Å². The minimum Gasteiger partial charge on any atom is -0.378 e. The first-order chi connectivity index (χ1) is 10.3. The quantitative estimate of drug-likeness (QED) is 0.928. The molecule has 5 nitrogen and oxygen atoms in total. The molecule has 0 saturated carbocycles. The number of methoxy groups -OCH3 is 1. The SMILES string of the molecule is COCc1cc(N2CCC(N)C2)nc(-c2ccccc2)n1. The number of hydrogen-bond donors (Lipinski definition) is 1. The van der Waals surface area contributed by atoms with E-state index in [2.05, 4.69) is 9.88 Å². The van der Waals surface area contributed by atoms with Gasteiger partial charge < -0.3 is 15.4 Å². The largest absolute Gasteiger partial charge is 0.378 e. The fraction of sp³-hybridized carbons (Fsp3) is 0.375. The summed E-state index contributed by atoms with van der Waals surface area (Å²) in [5.74, 6) is 1.67. The van der Waals surface area contributed by atoms with Crippen LogP contribution in [0.15, 0.2) is 36.4 Å². The highest BCUT2D eigenvalue weighted by Crippen LogP contribution is 2.23. The van der Waals surface area contributed by atoms with Crippen LogP contribution in [0, 0.1) is 0 Å². The maximum absolute atomic E-state index is 6.00. The molecule has 1 fully saturated rings. The van der Waals surface area contributed by atoms with E-state index in [9.17, 15) is 0 Å². The molecule has 0 bridgehead atoms. The topological polar surface area (TPSA) is 64.3 Å². The van der Waals surface area contributed by atoms with Gasteiger partial charge in [-0.3, -0.25) is 0 Å². The summed E-state index contributed by atoms with van der Waals surface area (Å²) in [6, 6.07) is 12.2. The lowest BCUT2D eigenvalue weighted by Gasteiger charge is -2.18. The van der Waals surface area contributed by atoms with E-state index in [1.54, 1.807) is 7.11 Å². The lowest BCUT2D eigenvalue weighted by molar-refractivity contribution is 0.181. The summed E-state index contributed by atoms with van der Waals surface area (Å²) in [4.78, 5) is 11.5. The molecule has 0 aliphatic carbocycles. The first kappa shape index (κ1) is 14.0. The van der Waals surface area contributed by atoms with Crippen LogP contribution >= 0.6 is 0 Å². The van der Waals surface area contributed by atoms with Gasteiger partial charge in [0.05, 0.1) is 12.3 Å². The molecule has 3 rings (SSSR count). The highest BCUT2D eigenvalue weighted by molar-refractivity contribution is 5.58. The number of nitrogens with two attached hydrogens (primary N) is 1. The molecule has 1 aromatic carbocycles. The van der Waals surface area contributed by atoms with E-state index in [-0.39, 0.29) is 6.04 Å².